The summed E-state index contributed by atoms with van der Waals surface area (Å²) < 4.78 is 31.8. The number of aromatic nitrogens is 4. The molecule has 1 aliphatic carbocycles. The van der Waals surface area contributed by atoms with Crippen LogP contribution < -0.4 is 4.74 Å². The summed E-state index contributed by atoms with van der Waals surface area (Å²) in [6.07, 6.45) is 7.35. The van der Waals surface area contributed by atoms with Gasteiger partial charge in [-0.3, -0.25) is 5.10 Å². The molecule has 23 heavy (non-hydrogen) atoms. The second-order valence-electron chi connectivity index (χ2n) is 5.48. The summed E-state index contributed by atoms with van der Waals surface area (Å²) >= 11 is 0. The van der Waals surface area contributed by atoms with Crippen LogP contribution in [0.25, 0.3) is 16.9 Å². The predicted molar refractivity (Wildman–Crippen MR) is 79.8 cm³/mol. The minimum Gasteiger partial charge on any atom is -0.434 e. The van der Waals surface area contributed by atoms with Gasteiger partial charge in [0.05, 0.1) is 0 Å². The van der Waals surface area contributed by atoms with E-state index in [2.05, 4.69) is 20.0 Å². The molecule has 1 fully saturated rings. The Balaban J connectivity index is 1.83. The molecule has 3 aromatic rings. The lowest BCUT2D eigenvalue weighted by molar-refractivity contribution is -0.0494. The largest absolute Gasteiger partial charge is 0.434 e. The number of alkyl halides is 2. The SMILES string of the molecule is FC(F)Oc1ccc(C2CC2)cc1-c1n[nH]cc1-n1cccn1. The van der Waals surface area contributed by atoms with Crippen molar-refractivity contribution in [2.45, 2.75) is 25.4 Å². The van der Waals surface area contributed by atoms with Crippen molar-refractivity contribution >= 4 is 0 Å². The van der Waals surface area contributed by atoms with Crippen LogP contribution in [0.15, 0.2) is 42.9 Å². The maximum atomic E-state index is 12.7. The summed E-state index contributed by atoms with van der Waals surface area (Å²) in [4.78, 5) is 0. The van der Waals surface area contributed by atoms with Gasteiger partial charge in [0.25, 0.3) is 0 Å². The van der Waals surface area contributed by atoms with Crippen molar-refractivity contribution in [3.8, 4) is 22.7 Å². The van der Waals surface area contributed by atoms with Crippen molar-refractivity contribution in [3.63, 3.8) is 0 Å². The van der Waals surface area contributed by atoms with E-state index in [1.54, 1.807) is 35.4 Å². The lowest BCUT2D eigenvalue weighted by Gasteiger charge is -2.12. The van der Waals surface area contributed by atoms with Gasteiger partial charge in [-0.25, -0.2) is 4.68 Å². The topological polar surface area (TPSA) is 55.7 Å². The molecule has 0 amide bonds. The quantitative estimate of drug-likeness (QED) is 0.780. The second-order valence-corrected chi connectivity index (χ2v) is 5.48. The average molecular weight is 316 g/mol. The number of halogens is 2. The van der Waals surface area contributed by atoms with Crippen LogP contribution in [-0.2, 0) is 0 Å². The van der Waals surface area contributed by atoms with Gasteiger partial charge in [-0.15, -0.1) is 0 Å². The zero-order valence-corrected chi connectivity index (χ0v) is 12.1. The number of nitrogens with zero attached hydrogens (tertiary/aromatic N) is 3. The first kappa shape index (κ1) is 13.9. The van der Waals surface area contributed by atoms with Crippen molar-refractivity contribution in [2.75, 3.05) is 0 Å². The lowest BCUT2D eigenvalue weighted by Crippen LogP contribution is -2.04. The van der Waals surface area contributed by atoms with E-state index in [0.29, 0.717) is 22.9 Å². The molecule has 0 atom stereocenters. The van der Waals surface area contributed by atoms with E-state index >= 15 is 0 Å². The molecule has 0 bridgehead atoms. The van der Waals surface area contributed by atoms with Crippen molar-refractivity contribution in [1.29, 1.82) is 0 Å². The Morgan fingerprint density at radius 2 is 2.17 bits per heavy atom. The third-order valence-electron chi connectivity index (χ3n) is 3.90. The Bertz CT molecular complexity index is 809. The Kier molecular flexibility index (Phi) is 3.33. The molecule has 0 aliphatic heterocycles. The smallest absolute Gasteiger partial charge is 0.387 e. The molecule has 1 N–H and O–H groups in total. The molecular formula is C16H14F2N4O. The van der Waals surface area contributed by atoms with Crippen LogP contribution in [0.1, 0.15) is 24.3 Å². The normalized spacial score (nSPS) is 14.4. The molecule has 2 heterocycles. The van der Waals surface area contributed by atoms with Gasteiger partial charge in [0, 0.05) is 24.2 Å². The highest BCUT2D eigenvalue weighted by molar-refractivity contribution is 5.75. The van der Waals surface area contributed by atoms with Crippen LogP contribution in [0, 0.1) is 0 Å². The summed E-state index contributed by atoms with van der Waals surface area (Å²) in [6, 6.07) is 7.11. The third-order valence-corrected chi connectivity index (χ3v) is 3.90. The number of rotatable bonds is 5. The molecule has 0 spiro atoms. The molecule has 0 radical (unpaired) electrons. The van der Waals surface area contributed by atoms with Gasteiger partial charge in [0.1, 0.15) is 17.1 Å². The Morgan fingerprint density at radius 3 is 2.87 bits per heavy atom. The van der Waals surface area contributed by atoms with Crippen LogP contribution in [0.2, 0.25) is 0 Å². The van der Waals surface area contributed by atoms with Gasteiger partial charge >= 0.3 is 6.61 Å². The number of nitrogens with one attached hydrogen (secondary N) is 1. The molecule has 118 valence electrons. The van der Waals surface area contributed by atoms with Gasteiger partial charge in [0.15, 0.2) is 0 Å². The highest BCUT2D eigenvalue weighted by Crippen LogP contribution is 2.43. The first-order valence-electron chi connectivity index (χ1n) is 7.35. The lowest BCUT2D eigenvalue weighted by atomic mass is 10.0. The van der Waals surface area contributed by atoms with Crippen molar-refractivity contribution in [1.82, 2.24) is 20.0 Å². The second kappa shape index (κ2) is 5.49. The molecular weight excluding hydrogens is 302 g/mol. The molecule has 4 rings (SSSR count). The molecule has 0 saturated heterocycles. The zero-order valence-electron chi connectivity index (χ0n) is 12.1. The van der Waals surface area contributed by atoms with E-state index < -0.39 is 6.61 Å². The first-order chi connectivity index (χ1) is 11.2. The molecule has 7 heteroatoms. The maximum Gasteiger partial charge on any atom is 0.387 e. The fourth-order valence-electron chi connectivity index (χ4n) is 2.67. The van der Waals surface area contributed by atoms with Crippen LogP contribution in [0.3, 0.4) is 0 Å². The summed E-state index contributed by atoms with van der Waals surface area (Å²) in [5.74, 6) is 0.617. The highest BCUT2D eigenvalue weighted by Gasteiger charge is 2.26. The summed E-state index contributed by atoms with van der Waals surface area (Å²) in [5, 5.41) is 11.2. The van der Waals surface area contributed by atoms with Crippen LogP contribution >= 0.6 is 0 Å². The fraction of sp³-hybridized carbons (Fsp3) is 0.250. The van der Waals surface area contributed by atoms with Gasteiger partial charge in [-0.2, -0.15) is 19.0 Å². The number of aromatic amines is 1. The van der Waals surface area contributed by atoms with E-state index in [1.807, 2.05) is 12.1 Å². The minimum absolute atomic E-state index is 0.116. The predicted octanol–water partition coefficient (Wildman–Crippen LogP) is 3.74. The number of H-pyrrole nitrogens is 1. The molecule has 1 aliphatic rings. The molecule has 2 aromatic heterocycles. The standard InChI is InChI=1S/C16H14F2N4O/c17-16(18)23-14-5-4-11(10-2-3-10)8-12(14)15-13(9-19-21-15)22-7-1-6-20-22/h1,4-10,16H,2-3H2,(H,19,21). The van der Waals surface area contributed by atoms with Crippen LogP contribution in [0.5, 0.6) is 5.75 Å². The maximum absolute atomic E-state index is 12.7. The Labute approximate surface area is 130 Å². The summed E-state index contributed by atoms with van der Waals surface area (Å²) in [5.41, 5.74) is 2.88. The van der Waals surface area contributed by atoms with Gasteiger partial charge < -0.3 is 4.74 Å². The van der Waals surface area contributed by atoms with Crippen molar-refractivity contribution in [2.24, 2.45) is 0 Å². The van der Waals surface area contributed by atoms with Crippen molar-refractivity contribution in [3.05, 3.63) is 48.4 Å². The molecule has 1 saturated carbocycles. The summed E-state index contributed by atoms with van der Waals surface area (Å²) in [7, 11) is 0. The number of ether oxygens (including phenoxy) is 1. The number of hydrogen-bond donors (Lipinski definition) is 1. The Hall–Kier alpha value is -2.70. The first-order valence-corrected chi connectivity index (χ1v) is 7.35. The Morgan fingerprint density at radius 1 is 1.30 bits per heavy atom. The number of benzene rings is 1. The van der Waals surface area contributed by atoms with E-state index in [1.165, 1.54) is 0 Å². The van der Waals surface area contributed by atoms with Crippen LogP contribution in [-0.4, -0.2) is 26.6 Å². The van der Waals surface area contributed by atoms with E-state index in [-0.39, 0.29) is 5.75 Å². The number of hydrogen-bond acceptors (Lipinski definition) is 3. The van der Waals surface area contributed by atoms with Gasteiger partial charge in [0.2, 0.25) is 0 Å². The molecule has 5 nitrogen and oxygen atoms in total. The van der Waals surface area contributed by atoms with Crippen molar-refractivity contribution < 1.29 is 13.5 Å². The van der Waals surface area contributed by atoms with E-state index in [0.717, 1.165) is 18.4 Å². The fourth-order valence-corrected chi connectivity index (χ4v) is 2.67. The zero-order chi connectivity index (χ0) is 15.8. The van der Waals surface area contributed by atoms with Gasteiger partial charge in [-0.05, 0) is 42.5 Å². The van der Waals surface area contributed by atoms with E-state index in [9.17, 15) is 8.78 Å². The molecule has 0 unspecified atom stereocenters. The van der Waals surface area contributed by atoms with Crippen LogP contribution in [0.4, 0.5) is 8.78 Å². The monoisotopic (exact) mass is 316 g/mol. The highest BCUT2D eigenvalue weighted by atomic mass is 19.3. The van der Waals surface area contributed by atoms with E-state index in [4.69, 9.17) is 0 Å². The summed E-state index contributed by atoms with van der Waals surface area (Å²) in [6.45, 7) is -2.88. The minimum atomic E-state index is -2.88. The third kappa shape index (κ3) is 2.69. The average Bonchev–Trinajstić information content (AvgIpc) is 3.04. The van der Waals surface area contributed by atoms with Gasteiger partial charge in [-0.1, -0.05) is 6.07 Å². The molecule has 1 aromatic carbocycles.